The van der Waals surface area contributed by atoms with Gasteiger partial charge in [-0.15, -0.1) is 5.10 Å². The van der Waals surface area contributed by atoms with Crippen molar-refractivity contribution in [2.24, 2.45) is 0 Å². The van der Waals surface area contributed by atoms with Crippen LogP contribution in [0, 0.1) is 5.82 Å². The maximum atomic E-state index is 13.3. The number of anilines is 1. The van der Waals surface area contributed by atoms with Crippen LogP contribution in [0.4, 0.5) is 10.3 Å². The van der Waals surface area contributed by atoms with Gasteiger partial charge in [0, 0.05) is 12.1 Å². The molecule has 2 aromatic rings. The number of nitrogens with one attached hydrogen (secondary N) is 2. The first kappa shape index (κ1) is 13.3. The fraction of sp³-hybridized carbons (Fsp3) is 0.182. The number of amides is 1. The van der Waals surface area contributed by atoms with Crippen LogP contribution in [0.3, 0.4) is 0 Å². The average molecular weight is 281 g/mol. The summed E-state index contributed by atoms with van der Waals surface area (Å²) in [6, 6.07) is 6.30. The zero-order chi connectivity index (χ0) is 13.7. The second-order valence-corrected chi connectivity index (χ2v) is 4.60. The van der Waals surface area contributed by atoms with E-state index in [9.17, 15) is 9.18 Å². The van der Waals surface area contributed by atoms with Crippen LogP contribution in [0.15, 0.2) is 29.4 Å². The summed E-state index contributed by atoms with van der Waals surface area (Å²) in [4.78, 5) is 15.4. The van der Waals surface area contributed by atoms with Gasteiger partial charge in [-0.05, 0) is 6.07 Å². The fourth-order valence-electron chi connectivity index (χ4n) is 1.34. The summed E-state index contributed by atoms with van der Waals surface area (Å²) in [6.07, 6.45) is 0. The molecule has 19 heavy (non-hydrogen) atoms. The average Bonchev–Trinajstić information content (AvgIpc) is 2.81. The summed E-state index contributed by atoms with van der Waals surface area (Å²) < 4.78 is 13.3. The largest absolute Gasteiger partial charge is 0.368 e. The van der Waals surface area contributed by atoms with Crippen LogP contribution in [0.2, 0.25) is 0 Å². The molecule has 8 heteroatoms. The molecule has 0 aliphatic carbocycles. The van der Waals surface area contributed by atoms with E-state index in [4.69, 9.17) is 5.73 Å². The van der Waals surface area contributed by atoms with Crippen LogP contribution in [0.25, 0.3) is 0 Å². The summed E-state index contributed by atoms with van der Waals surface area (Å²) in [7, 11) is 0. The zero-order valence-corrected chi connectivity index (χ0v) is 10.7. The highest BCUT2D eigenvalue weighted by Gasteiger charge is 2.07. The number of H-pyrrole nitrogens is 1. The third-order valence-corrected chi connectivity index (χ3v) is 3.10. The van der Waals surface area contributed by atoms with Gasteiger partial charge in [-0.3, -0.25) is 4.79 Å². The Morgan fingerprint density at radius 1 is 1.47 bits per heavy atom. The molecule has 0 fully saturated rings. The Kier molecular flexibility index (Phi) is 4.35. The number of halogens is 1. The van der Waals surface area contributed by atoms with Gasteiger partial charge in [-0.25, -0.2) is 9.49 Å². The number of carbonyl (C=O) groups is 1. The van der Waals surface area contributed by atoms with Gasteiger partial charge in [0.05, 0.1) is 5.75 Å². The lowest BCUT2D eigenvalue weighted by atomic mass is 10.2. The maximum absolute atomic E-state index is 13.3. The SMILES string of the molecule is Nc1nc(SCC(=O)NCc2ccccc2F)n[nH]1. The second-order valence-electron chi connectivity index (χ2n) is 3.66. The molecule has 0 spiro atoms. The number of nitrogens with zero attached hydrogens (tertiary/aromatic N) is 2. The smallest absolute Gasteiger partial charge is 0.230 e. The summed E-state index contributed by atoms with van der Waals surface area (Å²) >= 11 is 1.15. The van der Waals surface area contributed by atoms with Gasteiger partial charge in [0.15, 0.2) is 0 Å². The third-order valence-electron chi connectivity index (χ3n) is 2.25. The van der Waals surface area contributed by atoms with E-state index in [0.29, 0.717) is 10.7 Å². The highest BCUT2D eigenvalue weighted by atomic mass is 32.2. The van der Waals surface area contributed by atoms with E-state index in [0.717, 1.165) is 11.8 Å². The Hall–Kier alpha value is -2.09. The molecule has 1 aromatic heterocycles. The summed E-state index contributed by atoms with van der Waals surface area (Å²) in [5, 5.41) is 9.28. The zero-order valence-electron chi connectivity index (χ0n) is 9.89. The van der Waals surface area contributed by atoms with Crippen molar-refractivity contribution in [3.05, 3.63) is 35.6 Å². The predicted octanol–water partition coefficient (Wildman–Crippen LogP) is 0.934. The van der Waals surface area contributed by atoms with Crippen molar-refractivity contribution >= 4 is 23.6 Å². The van der Waals surface area contributed by atoms with E-state index in [1.807, 2.05) is 0 Å². The molecule has 1 heterocycles. The molecule has 0 radical (unpaired) electrons. The van der Waals surface area contributed by atoms with Crippen molar-refractivity contribution in [3.63, 3.8) is 0 Å². The number of carbonyl (C=O) groups excluding carboxylic acids is 1. The Morgan fingerprint density at radius 2 is 2.26 bits per heavy atom. The third kappa shape index (κ3) is 3.95. The molecule has 0 unspecified atom stereocenters. The molecule has 0 aliphatic rings. The number of rotatable bonds is 5. The minimum atomic E-state index is -0.336. The summed E-state index contributed by atoms with van der Waals surface area (Å²) in [5.41, 5.74) is 5.80. The standard InChI is InChI=1S/C11H12FN5OS/c12-8-4-2-1-3-7(8)5-14-9(18)6-19-11-15-10(13)16-17-11/h1-4H,5-6H2,(H,14,18)(H3,13,15,16,17). The van der Waals surface area contributed by atoms with E-state index in [1.54, 1.807) is 18.2 Å². The molecule has 2 rings (SSSR count). The van der Waals surface area contributed by atoms with Crippen molar-refractivity contribution in [1.82, 2.24) is 20.5 Å². The maximum Gasteiger partial charge on any atom is 0.230 e. The van der Waals surface area contributed by atoms with Crippen LogP contribution >= 0.6 is 11.8 Å². The van der Waals surface area contributed by atoms with E-state index in [-0.39, 0.29) is 30.0 Å². The molecule has 4 N–H and O–H groups in total. The monoisotopic (exact) mass is 281 g/mol. The number of nitrogen functional groups attached to an aromatic ring is 1. The highest BCUT2D eigenvalue weighted by Crippen LogP contribution is 2.12. The van der Waals surface area contributed by atoms with Crippen LogP contribution < -0.4 is 11.1 Å². The van der Waals surface area contributed by atoms with Gasteiger partial charge in [0.25, 0.3) is 0 Å². The van der Waals surface area contributed by atoms with Crippen LogP contribution in [-0.4, -0.2) is 26.8 Å². The van der Waals surface area contributed by atoms with Gasteiger partial charge in [0.2, 0.25) is 17.0 Å². The van der Waals surface area contributed by atoms with Gasteiger partial charge in [-0.1, -0.05) is 30.0 Å². The Bertz CT molecular complexity index is 574. The summed E-state index contributed by atoms with van der Waals surface area (Å²) in [6.45, 7) is 0.155. The van der Waals surface area contributed by atoms with Crippen LogP contribution in [-0.2, 0) is 11.3 Å². The second kappa shape index (κ2) is 6.19. The Labute approximate surface area is 113 Å². The van der Waals surface area contributed by atoms with Gasteiger partial charge in [0.1, 0.15) is 5.82 Å². The van der Waals surface area contributed by atoms with E-state index in [1.165, 1.54) is 6.07 Å². The number of aromatic nitrogens is 3. The molecule has 0 saturated carbocycles. The first-order valence-electron chi connectivity index (χ1n) is 5.46. The number of nitrogens with two attached hydrogens (primary N) is 1. The molecule has 0 aliphatic heterocycles. The minimum Gasteiger partial charge on any atom is -0.368 e. The van der Waals surface area contributed by atoms with Gasteiger partial charge >= 0.3 is 0 Å². The molecule has 0 saturated heterocycles. The molecule has 0 bridgehead atoms. The van der Waals surface area contributed by atoms with Gasteiger partial charge < -0.3 is 11.1 Å². The lowest BCUT2D eigenvalue weighted by Gasteiger charge is -2.05. The van der Waals surface area contributed by atoms with Crippen molar-refractivity contribution in [1.29, 1.82) is 0 Å². The fourth-order valence-corrected chi connectivity index (χ4v) is 1.97. The quantitative estimate of drug-likeness (QED) is 0.709. The Morgan fingerprint density at radius 3 is 2.95 bits per heavy atom. The molecule has 0 atom stereocenters. The topological polar surface area (TPSA) is 96.7 Å². The molecular formula is C11H12FN5OS. The van der Waals surface area contributed by atoms with E-state index < -0.39 is 0 Å². The summed E-state index contributed by atoms with van der Waals surface area (Å²) in [5.74, 6) is -0.214. The molecule has 1 aromatic carbocycles. The van der Waals surface area contributed by atoms with Crippen molar-refractivity contribution in [2.45, 2.75) is 11.7 Å². The number of aromatic amines is 1. The predicted molar refractivity (Wildman–Crippen MR) is 69.8 cm³/mol. The first-order valence-corrected chi connectivity index (χ1v) is 6.44. The lowest BCUT2D eigenvalue weighted by Crippen LogP contribution is -2.25. The number of hydrogen-bond acceptors (Lipinski definition) is 5. The lowest BCUT2D eigenvalue weighted by molar-refractivity contribution is -0.118. The Balaban J connectivity index is 1.77. The van der Waals surface area contributed by atoms with Crippen molar-refractivity contribution in [2.75, 3.05) is 11.5 Å². The number of thioether (sulfide) groups is 1. The van der Waals surface area contributed by atoms with E-state index >= 15 is 0 Å². The van der Waals surface area contributed by atoms with Crippen LogP contribution in [0.1, 0.15) is 5.56 Å². The normalized spacial score (nSPS) is 10.4. The number of hydrogen-bond donors (Lipinski definition) is 3. The minimum absolute atomic E-state index is 0.145. The molecule has 1 amide bonds. The first-order chi connectivity index (χ1) is 9.15. The molecule has 100 valence electrons. The van der Waals surface area contributed by atoms with E-state index in [2.05, 4.69) is 20.5 Å². The number of benzene rings is 1. The molecule has 6 nitrogen and oxygen atoms in total. The highest BCUT2D eigenvalue weighted by molar-refractivity contribution is 7.99. The van der Waals surface area contributed by atoms with Crippen LogP contribution in [0.5, 0.6) is 0 Å². The van der Waals surface area contributed by atoms with Crippen molar-refractivity contribution < 1.29 is 9.18 Å². The van der Waals surface area contributed by atoms with Gasteiger partial charge in [-0.2, -0.15) is 4.98 Å². The van der Waals surface area contributed by atoms with Crippen molar-refractivity contribution in [3.8, 4) is 0 Å². The molecular weight excluding hydrogens is 269 g/mol.